The Labute approximate surface area is 106 Å². The van der Waals surface area contributed by atoms with Crippen LogP contribution >= 0.6 is 0 Å². The van der Waals surface area contributed by atoms with Gasteiger partial charge in [0.25, 0.3) is 0 Å². The van der Waals surface area contributed by atoms with Crippen molar-refractivity contribution in [2.24, 2.45) is 0 Å². The van der Waals surface area contributed by atoms with Crippen molar-refractivity contribution in [1.29, 1.82) is 0 Å². The van der Waals surface area contributed by atoms with Gasteiger partial charge in [-0.15, -0.1) is 13.2 Å². The Hall–Kier alpha value is -1.66. The molecule has 0 saturated heterocycles. The first kappa shape index (κ1) is 18.7. The molecule has 0 spiro atoms. The molecular formula is C12H20O6. The molecule has 0 aromatic rings. The Morgan fingerprint density at radius 1 is 0.889 bits per heavy atom. The molecule has 0 aliphatic heterocycles. The molecule has 0 saturated carbocycles. The fraction of sp³-hybridized carbons (Fsp3) is 0.500. The van der Waals surface area contributed by atoms with Crippen LogP contribution in [-0.2, 0) is 9.59 Å². The van der Waals surface area contributed by atoms with Crippen molar-refractivity contribution in [1.82, 2.24) is 0 Å². The van der Waals surface area contributed by atoms with E-state index in [0.29, 0.717) is 12.8 Å². The molecule has 18 heavy (non-hydrogen) atoms. The first-order chi connectivity index (χ1) is 8.33. The zero-order chi connectivity index (χ0) is 14.6. The molecule has 2 atom stereocenters. The lowest BCUT2D eigenvalue weighted by molar-refractivity contribution is -0.140. The summed E-state index contributed by atoms with van der Waals surface area (Å²) in [6.07, 6.45) is 1.71. The van der Waals surface area contributed by atoms with Gasteiger partial charge in [-0.25, -0.2) is 0 Å². The number of aliphatic carboxylic acids is 2. The molecule has 0 rings (SSSR count). The summed E-state index contributed by atoms with van der Waals surface area (Å²) in [7, 11) is 0. The van der Waals surface area contributed by atoms with E-state index >= 15 is 0 Å². The molecule has 2 unspecified atom stereocenters. The van der Waals surface area contributed by atoms with E-state index in [1.807, 2.05) is 0 Å². The van der Waals surface area contributed by atoms with Gasteiger partial charge in [-0.1, -0.05) is 12.2 Å². The van der Waals surface area contributed by atoms with Crippen LogP contribution in [0.2, 0.25) is 0 Å². The summed E-state index contributed by atoms with van der Waals surface area (Å²) < 4.78 is 0. The van der Waals surface area contributed by atoms with Gasteiger partial charge in [-0.2, -0.15) is 0 Å². The van der Waals surface area contributed by atoms with E-state index in [9.17, 15) is 9.59 Å². The zero-order valence-electron chi connectivity index (χ0n) is 10.2. The van der Waals surface area contributed by atoms with E-state index in [0.717, 1.165) is 0 Å². The van der Waals surface area contributed by atoms with Crippen LogP contribution < -0.4 is 0 Å². The zero-order valence-corrected chi connectivity index (χ0v) is 10.2. The van der Waals surface area contributed by atoms with Crippen LogP contribution in [0.1, 0.15) is 25.7 Å². The lowest BCUT2D eigenvalue weighted by Crippen LogP contribution is -2.11. The van der Waals surface area contributed by atoms with Gasteiger partial charge in [-0.05, 0) is 12.8 Å². The largest absolute Gasteiger partial charge is 0.481 e. The van der Waals surface area contributed by atoms with Gasteiger partial charge in [0.15, 0.2) is 0 Å². The maximum Gasteiger partial charge on any atom is 0.305 e. The standard InChI is InChI=1S/2C6H10O3/c2*1-2-3-5(7)4-6(8)9/h2*2,5,7H,1,3-4H2,(H,8,9). The second-order valence-electron chi connectivity index (χ2n) is 3.55. The molecule has 4 N–H and O–H groups in total. The molecule has 0 amide bonds. The molecule has 0 aliphatic carbocycles. The van der Waals surface area contributed by atoms with Crippen molar-refractivity contribution < 1.29 is 30.0 Å². The van der Waals surface area contributed by atoms with Gasteiger partial charge in [0.1, 0.15) is 0 Å². The summed E-state index contributed by atoms with van der Waals surface area (Å²) in [6, 6.07) is 0. The fourth-order valence-corrected chi connectivity index (χ4v) is 0.955. The van der Waals surface area contributed by atoms with Crippen LogP contribution in [0.3, 0.4) is 0 Å². The molecule has 0 aromatic heterocycles. The van der Waals surface area contributed by atoms with E-state index < -0.39 is 24.1 Å². The van der Waals surface area contributed by atoms with Gasteiger partial charge in [0.05, 0.1) is 25.0 Å². The van der Waals surface area contributed by atoms with Crippen LogP contribution in [0.25, 0.3) is 0 Å². The molecule has 104 valence electrons. The van der Waals surface area contributed by atoms with E-state index in [4.69, 9.17) is 20.4 Å². The van der Waals surface area contributed by atoms with Crippen molar-refractivity contribution in [3.05, 3.63) is 25.3 Å². The third-order valence-electron chi connectivity index (χ3n) is 1.70. The van der Waals surface area contributed by atoms with Gasteiger partial charge >= 0.3 is 11.9 Å². The topological polar surface area (TPSA) is 115 Å². The summed E-state index contributed by atoms with van der Waals surface area (Å²) in [6.45, 7) is 6.71. The Bertz CT molecular complexity index is 246. The highest BCUT2D eigenvalue weighted by atomic mass is 16.4. The van der Waals surface area contributed by atoms with Crippen molar-refractivity contribution in [2.75, 3.05) is 0 Å². The number of hydrogen-bond donors (Lipinski definition) is 4. The molecule has 6 heteroatoms. The van der Waals surface area contributed by atoms with Crippen molar-refractivity contribution in [3.8, 4) is 0 Å². The summed E-state index contributed by atoms with van der Waals surface area (Å²) in [5, 5.41) is 33.8. The SMILES string of the molecule is C=CCC(O)CC(=O)O.C=CCC(O)CC(=O)O. The van der Waals surface area contributed by atoms with Crippen LogP contribution in [0.15, 0.2) is 25.3 Å². The lowest BCUT2D eigenvalue weighted by atomic mass is 10.2. The number of aliphatic hydroxyl groups is 2. The minimum atomic E-state index is -0.982. The maximum absolute atomic E-state index is 9.89. The normalized spacial score (nSPS) is 12.6. The predicted molar refractivity (Wildman–Crippen MR) is 66.1 cm³/mol. The number of hydrogen-bond acceptors (Lipinski definition) is 4. The maximum atomic E-state index is 9.89. The van der Waals surface area contributed by atoms with Crippen LogP contribution in [0.5, 0.6) is 0 Å². The highest BCUT2D eigenvalue weighted by Gasteiger charge is 2.06. The van der Waals surface area contributed by atoms with Crippen molar-refractivity contribution in [3.63, 3.8) is 0 Å². The monoisotopic (exact) mass is 260 g/mol. The lowest BCUT2D eigenvalue weighted by Gasteiger charge is -2.01. The van der Waals surface area contributed by atoms with E-state index in [1.54, 1.807) is 0 Å². The van der Waals surface area contributed by atoms with Crippen molar-refractivity contribution >= 4 is 11.9 Å². The first-order valence-electron chi connectivity index (χ1n) is 5.34. The molecule has 0 bridgehead atoms. The summed E-state index contributed by atoms with van der Waals surface area (Å²) in [5.74, 6) is -1.96. The molecule has 0 fully saturated rings. The highest BCUT2D eigenvalue weighted by Crippen LogP contribution is 1.97. The fourth-order valence-electron chi connectivity index (χ4n) is 0.955. The Kier molecular flexibility index (Phi) is 12.3. The van der Waals surface area contributed by atoms with Crippen LogP contribution in [0.4, 0.5) is 0 Å². The van der Waals surface area contributed by atoms with Gasteiger partial charge in [-0.3, -0.25) is 9.59 Å². The molecule has 0 radical (unpaired) electrons. The van der Waals surface area contributed by atoms with E-state index in [1.165, 1.54) is 12.2 Å². The quantitative estimate of drug-likeness (QED) is 0.480. The van der Waals surface area contributed by atoms with Gasteiger partial charge in [0.2, 0.25) is 0 Å². The predicted octanol–water partition coefficient (Wildman–Crippen LogP) is 0.796. The average Bonchev–Trinajstić information content (AvgIpc) is 2.16. The Morgan fingerprint density at radius 2 is 1.17 bits per heavy atom. The third-order valence-corrected chi connectivity index (χ3v) is 1.70. The second kappa shape index (κ2) is 11.8. The summed E-state index contributed by atoms with van der Waals surface area (Å²) >= 11 is 0. The second-order valence-corrected chi connectivity index (χ2v) is 3.55. The Morgan fingerprint density at radius 3 is 1.33 bits per heavy atom. The summed E-state index contributed by atoms with van der Waals surface area (Å²) in [4.78, 5) is 19.8. The molecule has 6 nitrogen and oxygen atoms in total. The first-order valence-corrected chi connectivity index (χ1v) is 5.34. The minimum absolute atomic E-state index is 0.202. The van der Waals surface area contributed by atoms with E-state index in [2.05, 4.69) is 13.2 Å². The van der Waals surface area contributed by atoms with Crippen LogP contribution in [-0.4, -0.2) is 44.6 Å². The molecular weight excluding hydrogens is 240 g/mol. The highest BCUT2D eigenvalue weighted by molar-refractivity contribution is 5.67. The number of carbonyl (C=O) groups is 2. The average molecular weight is 260 g/mol. The number of rotatable bonds is 8. The third kappa shape index (κ3) is 16.8. The summed E-state index contributed by atoms with van der Waals surface area (Å²) in [5.41, 5.74) is 0. The van der Waals surface area contributed by atoms with Crippen molar-refractivity contribution in [2.45, 2.75) is 37.9 Å². The molecule has 0 aromatic carbocycles. The number of carboxylic acid groups (broad SMARTS) is 2. The molecule has 0 aliphatic rings. The van der Waals surface area contributed by atoms with Crippen LogP contribution in [0, 0.1) is 0 Å². The van der Waals surface area contributed by atoms with E-state index in [-0.39, 0.29) is 12.8 Å². The minimum Gasteiger partial charge on any atom is -0.481 e. The number of carboxylic acids is 2. The Balaban J connectivity index is 0. The number of aliphatic hydroxyl groups excluding tert-OH is 2. The van der Waals surface area contributed by atoms with Gasteiger partial charge in [0, 0.05) is 0 Å². The smallest absolute Gasteiger partial charge is 0.305 e. The van der Waals surface area contributed by atoms with Gasteiger partial charge < -0.3 is 20.4 Å². The molecule has 0 heterocycles.